The van der Waals surface area contributed by atoms with Crippen molar-refractivity contribution in [3.05, 3.63) is 42.0 Å². The molecule has 26 heavy (non-hydrogen) atoms. The molecule has 0 unspecified atom stereocenters. The zero-order valence-electron chi connectivity index (χ0n) is 15.8. The Morgan fingerprint density at radius 2 is 1.77 bits per heavy atom. The van der Waals surface area contributed by atoms with Gasteiger partial charge < -0.3 is 9.80 Å². The van der Waals surface area contributed by atoms with Gasteiger partial charge in [0, 0.05) is 38.2 Å². The van der Waals surface area contributed by atoms with Gasteiger partial charge in [0.25, 0.3) is 0 Å². The van der Waals surface area contributed by atoms with E-state index in [9.17, 15) is 9.59 Å². The Morgan fingerprint density at radius 1 is 1.04 bits per heavy atom. The fourth-order valence-corrected chi connectivity index (χ4v) is 4.04. The Bertz CT molecular complexity index is 633. The van der Waals surface area contributed by atoms with Crippen molar-refractivity contribution in [3.8, 4) is 0 Å². The smallest absolute Gasteiger partial charge is 0.246 e. The number of likely N-dealkylation sites (tertiary alicyclic amines) is 2. The summed E-state index contributed by atoms with van der Waals surface area (Å²) in [6.07, 6.45) is 8.62. The van der Waals surface area contributed by atoms with Gasteiger partial charge in [0.1, 0.15) is 0 Å². The zero-order chi connectivity index (χ0) is 18.4. The van der Waals surface area contributed by atoms with Crippen LogP contribution in [0.5, 0.6) is 0 Å². The minimum atomic E-state index is 0.0452. The summed E-state index contributed by atoms with van der Waals surface area (Å²) in [4.78, 5) is 29.1. The van der Waals surface area contributed by atoms with E-state index in [1.165, 1.54) is 6.42 Å². The number of benzene rings is 1. The Morgan fingerprint density at radius 3 is 2.46 bits per heavy atom. The van der Waals surface area contributed by atoms with Crippen LogP contribution >= 0.6 is 0 Å². The first kappa shape index (κ1) is 18.7. The van der Waals surface area contributed by atoms with Gasteiger partial charge in [-0.3, -0.25) is 9.59 Å². The van der Waals surface area contributed by atoms with Gasteiger partial charge in [-0.05, 0) is 43.2 Å². The zero-order valence-corrected chi connectivity index (χ0v) is 15.8. The largest absolute Gasteiger partial charge is 0.342 e. The number of piperidine rings is 2. The molecule has 0 radical (unpaired) electrons. The Balaban J connectivity index is 1.48. The molecule has 1 atom stereocenters. The summed E-state index contributed by atoms with van der Waals surface area (Å²) in [5, 5.41) is 0. The molecule has 1 aromatic rings. The molecule has 3 rings (SSSR count). The molecule has 1 aromatic carbocycles. The van der Waals surface area contributed by atoms with Gasteiger partial charge in [-0.1, -0.05) is 43.7 Å². The summed E-state index contributed by atoms with van der Waals surface area (Å²) in [6, 6.07) is 9.86. The lowest BCUT2D eigenvalue weighted by atomic mass is 9.91. The van der Waals surface area contributed by atoms with Crippen LogP contribution in [0.1, 0.15) is 44.6 Å². The predicted molar refractivity (Wildman–Crippen MR) is 104 cm³/mol. The van der Waals surface area contributed by atoms with E-state index in [0.717, 1.165) is 44.3 Å². The van der Waals surface area contributed by atoms with Crippen LogP contribution in [-0.4, -0.2) is 47.8 Å². The maximum absolute atomic E-state index is 12.8. The van der Waals surface area contributed by atoms with Gasteiger partial charge in [0.05, 0.1) is 0 Å². The normalized spacial score (nSPS) is 22.0. The summed E-state index contributed by atoms with van der Waals surface area (Å²) >= 11 is 0. The van der Waals surface area contributed by atoms with E-state index in [1.807, 2.05) is 41.3 Å². The Kier molecular flexibility index (Phi) is 6.48. The summed E-state index contributed by atoms with van der Waals surface area (Å²) in [5.74, 6) is 1.11. The van der Waals surface area contributed by atoms with Crippen molar-refractivity contribution >= 4 is 17.9 Å². The molecule has 0 aromatic heterocycles. The first-order chi connectivity index (χ1) is 12.7. The average Bonchev–Trinajstić information content (AvgIpc) is 2.72. The van der Waals surface area contributed by atoms with Crippen LogP contribution in [0.2, 0.25) is 0 Å². The van der Waals surface area contributed by atoms with Crippen molar-refractivity contribution < 1.29 is 9.59 Å². The van der Waals surface area contributed by atoms with Crippen LogP contribution in [0, 0.1) is 11.8 Å². The highest BCUT2D eigenvalue weighted by Crippen LogP contribution is 2.25. The van der Waals surface area contributed by atoms with Gasteiger partial charge in [-0.15, -0.1) is 0 Å². The van der Waals surface area contributed by atoms with Gasteiger partial charge in [0.15, 0.2) is 0 Å². The number of carbonyl (C=O) groups is 2. The van der Waals surface area contributed by atoms with Crippen LogP contribution in [0.25, 0.3) is 6.08 Å². The van der Waals surface area contributed by atoms with Crippen molar-refractivity contribution in [2.75, 3.05) is 26.2 Å². The molecule has 2 amide bonds. The third-order valence-electron chi connectivity index (χ3n) is 5.78. The van der Waals surface area contributed by atoms with E-state index >= 15 is 0 Å². The van der Waals surface area contributed by atoms with E-state index in [2.05, 4.69) is 11.8 Å². The molecule has 0 N–H and O–H groups in total. The Hall–Kier alpha value is -2.10. The van der Waals surface area contributed by atoms with Crippen LogP contribution in [0.3, 0.4) is 0 Å². The van der Waals surface area contributed by atoms with Crippen LogP contribution in [0.4, 0.5) is 0 Å². The van der Waals surface area contributed by atoms with E-state index < -0.39 is 0 Å². The minimum absolute atomic E-state index is 0.0452. The average molecular weight is 354 g/mol. The summed E-state index contributed by atoms with van der Waals surface area (Å²) in [6.45, 7) is 5.41. The summed E-state index contributed by atoms with van der Waals surface area (Å²) in [5.41, 5.74) is 1.03. The lowest BCUT2D eigenvalue weighted by Gasteiger charge is -2.37. The quantitative estimate of drug-likeness (QED) is 0.776. The van der Waals surface area contributed by atoms with Crippen molar-refractivity contribution in [2.45, 2.75) is 39.0 Å². The predicted octanol–water partition coefficient (Wildman–Crippen LogP) is 3.59. The molecule has 0 spiro atoms. The monoisotopic (exact) mass is 354 g/mol. The lowest BCUT2D eigenvalue weighted by molar-refractivity contribution is -0.141. The van der Waals surface area contributed by atoms with E-state index in [4.69, 9.17) is 0 Å². The van der Waals surface area contributed by atoms with E-state index in [0.29, 0.717) is 24.9 Å². The van der Waals surface area contributed by atoms with E-state index in [1.54, 1.807) is 6.08 Å². The fraction of sp³-hybridized carbons (Fsp3) is 0.545. The molecular weight excluding hydrogens is 324 g/mol. The highest BCUT2D eigenvalue weighted by molar-refractivity contribution is 5.92. The maximum Gasteiger partial charge on any atom is 0.246 e. The van der Waals surface area contributed by atoms with Crippen LogP contribution in [0.15, 0.2) is 36.4 Å². The van der Waals surface area contributed by atoms with Crippen molar-refractivity contribution in [1.82, 2.24) is 9.80 Å². The number of hydrogen-bond donors (Lipinski definition) is 0. The van der Waals surface area contributed by atoms with Crippen molar-refractivity contribution in [2.24, 2.45) is 11.8 Å². The van der Waals surface area contributed by atoms with Crippen LogP contribution in [-0.2, 0) is 9.59 Å². The standard InChI is InChI=1S/C22H30N2O2/c1-2-18-9-6-14-24(17-18)22(26)20-12-15-23(16-13-20)21(25)11-10-19-7-4-3-5-8-19/h3-5,7-8,10-11,18,20H,2,6,9,12-17H2,1H3/b11-10-/t18-/m1/s1. The number of hydrogen-bond acceptors (Lipinski definition) is 2. The molecular formula is C22H30N2O2. The lowest BCUT2D eigenvalue weighted by Crippen LogP contribution is -2.47. The highest BCUT2D eigenvalue weighted by atomic mass is 16.2. The number of carbonyl (C=O) groups excluding carboxylic acids is 2. The van der Waals surface area contributed by atoms with Gasteiger partial charge in [0.2, 0.25) is 11.8 Å². The first-order valence-corrected chi connectivity index (χ1v) is 9.98. The number of rotatable bonds is 4. The second kappa shape index (κ2) is 9.02. The molecule has 0 bridgehead atoms. The van der Waals surface area contributed by atoms with Crippen molar-refractivity contribution in [1.29, 1.82) is 0 Å². The summed E-state index contributed by atoms with van der Waals surface area (Å²) in [7, 11) is 0. The molecule has 2 heterocycles. The second-order valence-corrected chi connectivity index (χ2v) is 7.54. The molecule has 2 fully saturated rings. The SMILES string of the molecule is CC[C@@H]1CCCN(C(=O)C2CCN(C(=O)/C=C\c3ccccc3)CC2)C1. The van der Waals surface area contributed by atoms with Gasteiger partial charge in [-0.25, -0.2) is 0 Å². The fourth-order valence-electron chi connectivity index (χ4n) is 4.04. The molecule has 2 saturated heterocycles. The van der Waals surface area contributed by atoms with Crippen molar-refractivity contribution in [3.63, 3.8) is 0 Å². The molecule has 140 valence electrons. The van der Waals surface area contributed by atoms with Gasteiger partial charge >= 0.3 is 0 Å². The van der Waals surface area contributed by atoms with E-state index in [-0.39, 0.29) is 11.8 Å². The van der Waals surface area contributed by atoms with Gasteiger partial charge in [-0.2, -0.15) is 0 Å². The molecule has 4 nitrogen and oxygen atoms in total. The number of nitrogens with zero attached hydrogens (tertiary/aromatic N) is 2. The Labute approximate surface area is 156 Å². The third-order valence-corrected chi connectivity index (χ3v) is 5.78. The maximum atomic E-state index is 12.8. The molecule has 0 aliphatic carbocycles. The minimum Gasteiger partial charge on any atom is -0.342 e. The second-order valence-electron chi connectivity index (χ2n) is 7.54. The molecule has 2 aliphatic heterocycles. The van der Waals surface area contributed by atoms with Crippen LogP contribution < -0.4 is 0 Å². The summed E-state index contributed by atoms with van der Waals surface area (Å²) < 4.78 is 0. The number of amides is 2. The first-order valence-electron chi connectivity index (χ1n) is 9.98. The third kappa shape index (κ3) is 4.75. The highest BCUT2D eigenvalue weighted by Gasteiger charge is 2.31. The molecule has 2 aliphatic rings. The molecule has 0 saturated carbocycles. The topological polar surface area (TPSA) is 40.6 Å². The molecule has 4 heteroatoms.